The molecular weight excluding hydrogens is 314 g/mol. The van der Waals surface area contributed by atoms with E-state index < -0.39 is 5.97 Å². The number of aromatic nitrogens is 3. The molecule has 0 atom stereocenters. The first-order valence-electron chi connectivity index (χ1n) is 7.01. The van der Waals surface area contributed by atoms with Crippen molar-refractivity contribution in [1.82, 2.24) is 14.8 Å². The van der Waals surface area contributed by atoms with E-state index in [0.29, 0.717) is 22.9 Å². The summed E-state index contributed by atoms with van der Waals surface area (Å²) >= 11 is 6.04. The second-order valence-corrected chi connectivity index (χ2v) is 5.52. The molecule has 1 aromatic heterocycles. The lowest BCUT2D eigenvalue weighted by atomic mass is 10.1. The molecule has 0 N–H and O–H groups in total. The molecule has 5 nitrogen and oxygen atoms in total. The third-order valence-corrected chi connectivity index (χ3v) is 3.60. The van der Waals surface area contributed by atoms with E-state index in [1.54, 1.807) is 35.3 Å². The Balaban J connectivity index is 1.71. The number of hydrogen-bond donors (Lipinski definition) is 0. The number of nitrogens with zero attached hydrogens (tertiary/aromatic N) is 3. The zero-order valence-electron chi connectivity index (χ0n) is 12.4. The number of carbonyl (C=O) groups is 1. The quantitative estimate of drug-likeness (QED) is 0.543. The summed E-state index contributed by atoms with van der Waals surface area (Å²) in [7, 11) is 0. The Labute approximate surface area is 138 Å². The molecule has 6 heteroatoms. The highest BCUT2D eigenvalue weighted by atomic mass is 35.5. The first-order chi connectivity index (χ1) is 11.1. The van der Waals surface area contributed by atoms with Gasteiger partial charge in [0, 0.05) is 0 Å². The first kappa shape index (κ1) is 15.2. The summed E-state index contributed by atoms with van der Waals surface area (Å²) in [4.78, 5) is 16.1. The Bertz CT molecular complexity index is 814. The second kappa shape index (κ2) is 6.62. The van der Waals surface area contributed by atoms with Gasteiger partial charge in [0.1, 0.15) is 18.4 Å². The highest BCUT2D eigenvalue weighted by Crippen LogP contribution is 2.26. The Morgan fingerprint density at radius 2 is 2.00 bits per heavy atom. The van der Waals surface area contributed by atoms with Gasteiger partial charge < -0.3 is 4.74 Å². The Morgan fingerprint density at radius 3 is 2.70 bits per heavy atom. The lowest BCUT2D eigenvalue weighted by Gasteiger charge is -2.08. The second-order valence-electron chi connectivity index (χ2n) is 5.11. The van der Waals surface area contributed by atoms with Crippen molar-refractivity contribution in [1.29, 1.82) is 0 Å². The van der Waals surface area contributed by atoms with E-state index >= 15 is 0 Å². The van der Waals surface area contributed by atoms with Crippen LogP contribution in [-0.4, -0.2) is 20.7 Å². The van der Waals surface area contributed by atoms with E-state index in [0.717, 1.165) is 11.1 Å². The van der Waals surface area contributed by atoms with Crippen LogP contribution in [-0.2, 0) is 6.54 Å². The summed E-state index contributed by atoms with van der Waals surface area (Å²) in [6.45, 7) is 2.51. The van der Waals surface area contributed by atoms with Crippen molar-refractivity contribution in [2.45, 2.75) is 13.5 Å². The number of ether oxygens (including phenoxy) is 1. The van der Waals surface area contributed by atoms with Gasteiger partial charge in [-0.2, -0.15) is 5.10 Å². The van der Waals surface area contributed by atoms with Gasteiger partial charge in [-0.25, -0.2) is 14.5 Å². The lowest BCUT2D eigenvalue weighted by molar-refractivity contribution is 0.0735. The van der Waals surface area contributed by atoms with Gasteiger partial charge in [-0.1, -0.05) is 29.8 Å². The number of rotatable bonds is 4. The zero-order chi connectivity index (χ0) is 16.2. The van der Waals surface area contributed by atoms with Crippen LogP contribution in [0, 0.1) is 6.92 Å². The Hall–Kier alpha value is -2.66. The fraction of sp³-hybridized carbons (Fsp3) is 0.118. The van der Waals surface area contributed by atoms with Crippen molar-refractivity contribution in [3.63, 3.8) is 0 Å². The molecule has 0 aliphatic carbocycles. The van der Waals surface area contributed by atoms with Crippen molar-refractivity contribution in [2.75, 3.05) is 0 Å². The van der Waals surface area contributed by atoms with Crippen LogP contribution in [0.4, 0.5) is 0 Å². The largest absolute Gasteiger partial charge is 0.421 e. The maximum atomic E-state index is 12.2. The molecule has 0 unspecified atom stereocenters. The first-order valence-corrected chi connectivity index (χ1v) is 7.39. The SMILES string of the molecule is Cc1ccc(Cl)c(OC(=O)c2ccc(Cn3cncn3)cc2)c1. The number of carbonyl (C=O) groups excluding carboxylic acids is 1. The predicted molar refractivity (Wildman–Crippen MR) is 86.7 cm³/mol. The van der Waals surface area contributed by atoms with E-state index in [2.05, 4.69) is 10.1 Å². The van der Waals surface area contributed by atoms with Crippen LogP contribution in [0.2, 0.25) is 5.02 Å². The van der Waals surface area contributed by atoms with Gasteiger partial charge >= 0.3 is 5.97 Å². The van der Waals surface area contributed by atoms with E-state index in [-0.39, 0.29) is 0 Å². The average molecular weight is 328 g/mol. The normalized spacial score (nSPS) is 10.5. The molecule has 0 radical (unpaired) electrons. The van der Waals surface area contributed by atoms with Crippen LogP contribution < -0.4 is 4.74 Å². The molecule has 0 saturated heterocycles. The summed E-state index contributed by atoms with van der Waals surface area (Å²) in [6, 6.07) is 12.5. The Morgan fingerprint density at radius 1 is 1.22 bits per heavy atom. The lowest BCUT2D eigenvalue weighted by Crippen LogP contribution is -2.09. The monoisotopic (exact) mass is 327 g/mol. The number of benzene rings is 2. The molecule has 0 amide bonds. The highest BCUT2D eigenvalue weighted by Gasteiger charge is 2.11. The van der Waals surface area contributed by atoms with Gasteiger partial charge in [-0.15, -0.1) is 0 Å². The molecule has 0 bridgehead atoms. The van der Waals surface area contributed by atoms with Gasteiger partial charge in [0.05, 0.1) is 17.1 Å². The zero-order valence-corrected chi connectivity index (χ0v) is 13.2. The van der Waals surface area contributed by atoms with E-state index in [1.165, 1.54) is 6.33 Å². The summed E-state index contributed by atoms with van der Waals surface area (Å²) in [5.74, 6) is -0.0758. The molecule has 0 saturated carbocycles. The van der Waals surface area contributed by atoms with Gasteiger partial charge in [0.25, 0.3) is 0 Å². The smallest absolute Gasteiger partial charge is 0.343 e. The molecule has 3 aromatic rings. The third kappa shape index (κ3) is 3.76. The fourth-order valence-corrected chi connectivity index (χ4v) is 2.25. The summed E-state index contributed by atoms with van der Waals surface area (Å²) in [6.07, 6.45) is 3.12. The van der Waals surface area contributed by atoms with Crippen molar-refractivity contribution in [3.05, 3.63) is 76.8 Å². The average Bonchev–Trinajstić information content (AvgIpc) is 3.04. The Kier molecular flexibility index (Phi) is 4.39. The maximum absolute atomic E-state index is 12.2. The minimum absolute atomic E-state index is 0.364. The van der Waals surface area contributed by atoms with E-state index in [9.17, 15) is 4.79 Å². The van der Waals surface area contributed by atoms with E-state index in [4.69, 9.17) is 16.3 Å². The summed E-state index contributed by atoms with van der Waals surface area (Å²) in [5.41, 5.74) is 2.45. The molecule has 0 spiro atoms. The molecule has 1 heterocycles. The molecule has 116 valence electrons. The van der Waals surface area contributed by atoms with Crippen molar-refractivity contribution < 1.29 is 9.53 Å². The van der Waals surface area contributed by atoms with Crippen LogP contribution in [0.15, 0.2) is 55.1 Å². The molecule has 2 aromatic carbocycles. The molecule has 0 aliphatic heterocycles. The fourth-order valence-electron chi connectivity index (χ4n) is 2.10. The van der Waals surface area contributed by atoms with Gasteiger partial charge in [0.15, 0.2) is 0 Å². The molecule has 0 aliphatic rings. The van der Waals surface area contributed by atoms with Gasteiger partial charge in [-0.3, -0.25) is 0 Å². The standard InChI is InChI=1S/C17H14ClN3O2/c1-12-2-7-15(18)16(8-12)23-17(22)14-5-3-13(4-6-14)9-21-11-19-10-20-21/h2-8,10-11H,9H2,1H3. The van der Waals surface area contributed by atoms with Crippen LogP contribution in [0.5, 0.6) is 5.75 Å². The van der Waals surface area contributed by atoms with Crippen molar-refractivity contribution in [3.8, 4) is 5.75 Å². The minimum atomic E-state index is -0.440. The van der Waals surface area contributed by atoms with Crippen molar-refractivity contribution in [2.24, 2.45) is 0 Å². The molecular formula is C17H14ClN3O2. The van der Waals surface area contributed by atoms with Gasteiger partial charge in [0.2, 0.25) is 0 Å². The summed E-state index contributed by atoms with van der Waals surface area (Å²) < 4.78 is 7.07. The number of halogens is 1. The number of esters is 1. The highest BCUT2D eigenvalue weighted by molar-refractivity contribution is 6.32. The van der Waals surface area contributed by atoms with Crippen LogP contribution in [0.25, 0.3) is 0 Å². The number of hydrogen-bond acceptors (Lipinski definition) is 4. The topological polar surface area (TPSA) is 57.0 Å². The van der Waals surface area contributed by atoms with E-state index in [1.807, 2.05) is 25.1 Å². The van der Waals surface area contributed by atoms with Crippen LogP contribution >= 0.6 is 11.6 Å². The summed E-state index contributed by atoms with van der Waals surface area (Å²) in [5, 5.41) is 4.45. The third-order valence-electron chi connectivity index (χ3n) is 3.29. The molecule has 23 heavy (non-hydrogen) atoms. The van der Waals surface area contributed by atoms with Crippen LogP contribution in [0.3, 0.4) is 0 Å². The van der Waals surface area contributed by atoms with Crippen LogP contribution in [0.1, 0.15) is 21.5 Å². The molecule has 0 fully saturated rings. The molecule has 3 rings (SSSR count). The predicted octanol–water partition coefficient (Wildman–Crippen LogP) is 3.51. The number of aryl methyl sites for hydroxylation is 1. The maximum Gasteiger partial charge on any atom is 0.343 e. The van der Waals surface area contributed by atoms with Gasteiger partial charge in [-0.05, 0) is 42.3 Å². The van der Waals surface area contributed by atoms with Crippen molar-refractivity contribution >= 4 is 17.6 Å². The minimum Gasteiger partial charge on any atom is -0.421 e.